The Hall–Kier alpha value is -4.53. The third kappa shape index (κ3) is 4.68. The van der Waals surface area contributed by atoms with Gasteiger partial charge in [-0.1, -0.05) is 30.3 Å². The van der Waals surface area contributed by atoms with E-state index in [0.29, 0.717) is 43.5 Å². The zero-order chi connectivity index (χ0) is 25.1. The van der Waals surface area contributed by atoms with E-state index >= 15 is 0 Å². The molecule has 0 unspecified atom stereocenters. The van der Waals surface area contributed by atoms with Crippen LogP contribution in [0.4, 0.5) is 11.8 Å². The lowest BCUT2D eigenvalue weighted by atomic mass is 10.1. The van der Waals surface area contributed by atoms with E-state index in [1.807, 2.05) is 54.3 Å². The van der Waals surface area contributed by atoms with Crippen molar-refractivity contribution in [2.24, 2.45) is 0 Å². The van der Waals surface area contributed by atoms with Crippen LogP contribution in [0.5, 0.6) is 0 Å². The van der Waals surface area contributed by atoms with Crippen molar-refractivity contribution in [1.82, 2.24) is 24.6 Å². The largest absolute Gasteiger partial charge is 0.337 e. The second kappa shape index (κ2) is 9.99. The summed E-state index contributed by atoms with van der Waals surface area (Å²) in [4.78, 5) is 37.7. The van der Waals surface area contributed by atoms with Crippen LogP contribution in [0.1, 0.15) is 23.0 Å². The lowest BCUT2D eigenvalue weighted by Gasteiger charge is -2.34. The minimum absolute atomic E-state index is 0.0149. The fraction of sp³-hybridized carbons (Fsp3) is 0.222. The van der Waals surface area contributed by atoms with Gasteiger partial charge in [0, 0.05) is 56.6 Å². The summed E-state index contributed by atoms with van der Waals surface area (Å²) in [7, 11) is 0. The number of rotatable bonds is 5. The quantitative estimate of drug-likeness (QED) is 0.468. The van der Waals surface area contributed by atoms with Crippen molar-refractivity contribution < 1.29 is 9.59 Å². The predicted molar refractivity (Wildman–Crippen MR) is 138 cm³/mol. The molecule has 36 heavy (non-hydrogen) atoms. The minimum atomic E-state index is -0.180. The van der Waals surface area contributed by atoms with Crippen LogP contribution in [-0.2, 0) is 4.79 Å². The molecular formula is C27H27N7O2. The second-order valence-electron chi connectivity index (χ2n) is 8.64. The molecule has 0 bridgehead atoms. The van der Waals surface area contributed by atoms with Gasteiger partial charge < -0.3 is 15.1 Å². The molecule has 2 amide bonds. The second-order valence-corrected chi connectivity index (χ2v) is 8.64. The van der Waals surface area contributed by atoms with Crippen LogP contribution in [0, 0.1) is 6.92 Å². The van der Waals surface area contributed by atoms with E-state index in [1.165, 1.54) is 6.92 Å². The van der Waals surface area contributed by atoms with Crippen molar-refractivity contribution in [3.63, 3.8) is 0 Å². The van der Waals surface area contributed by atoms with Crippen molar-refractivity contribution in [1.29, 1.82) is 0 Å². The van der Waals surface area contributed by atoms with Crippen LogP contribution in [0.3, 0.4) is 0 Å². The number of anilines is 2. The number of aryl methyl sites for hydroxylation is 1. The Morgan fingerprint density at radius 1 is 0.861 bits per heavy atom. The Morgan fingerprint density at radius 2 is 1.53 bits per heavy atom. The van der Waals surface area contributed by atoms with Gasteiger partial charge in [-0.25, -0.2) is 14.6 Å². The number of aromatic nitrogens is 4. The summed E-state index contributed by atoms with van der Waals surface area (Å²) in [5.74, 6) is 1.09. The summed E-state index contributed by atoms with van der Waals surface area (Å²) in [6, 6.07) is 19.0. The molecule has 0 atom stereocenters. The third-order valence-electron chi connectivity index (χ3n) is 6.18. The molecule has 9 nitrogen and oxygen atoms in total. The number of nitrogens with zero attached hydrogens (tertiary/aromatic N) is 6. The fourth-order valence-corrected chi connectivity index (χ4v) is 4.44. The normalized spacial score (nSPS) is 13.5. The Labute approximate surface area is 209 Å². The van der Waals surface area contributed by atoms with Gasteiger partial charge in [0.25, 0.3) is 5.91 Å². The first-order valence-electron chi connectivity index (χ1n) is 11.9. The molecule has 0 saturated carbocycles. The lowest BCUT2D eigenvalue weighted by molar-refractivity contribution is -0.114. The van der Waals surface area contributed by atoms with E-state index in [4.69, 9.17) is 5.10 Å². The van der Waals surface area contributed by atoms with E-state index in [1.54, 1.807) is 35.3 Å². The monoisotopic (exact) mass is 481 g/mol. The molecular weight excluding hydrogens is 454 g/mol. The van der Waals surface area contributed by atoms with Crippen molar-refractivity contribution in [3.8, 4) is 16.8 Å². The van der Waals surface area contributed by atoms with Crippen LogP contribution in [-0.4, -0.2) is 62.6 Å². The van der Waals surface area contributed by atoms with Crippen LogP contribution in [0.25, 0.3) is 16.8 Å². The minimum Gasteiger partial charge on any atom is -0.337 e. The van der Waals surface area contributed by atoms with Crippen LogP contribution in [0.2, 0.25) is 0 Å². The van der Waals surface area contributed by atoms with E-state index in [9.17, 15) is 9.59 Å². The van der Waals surface area contributed by atoms with Crippen molar-refractivity contribution in [2.75, 3.05) is 36.4 Å². The molecule has 0 radical (unpaired) electrons. The molecule has 1 aliphatic rings. The SMILES string of the molecule is CC(=O)Nc1c(-c2ccccc2)c(C)nn1-c1ccc(C(=O)N2CCN(c3ncccn3)CC2)cc1. The molecule has 9 heteroatoms. The van der Waals surface area contributed by atoms with Crippen LogP contribution >= 0.6 is 0 Å². The molecule has 1 N–H and O–H groups in total. The number of carbonyl (C=O) groups is 2. The summed E-state index contributed by atoms with van der Waals surface area (Å²) in [6.07, 6.45) is 3.45. The van der Waals surface area contributed by atoms with E-state index in [-0.39, 0.29) is 11.8 Å². The summed E-state index contributed by atoms with van der Waals surface area (Å²) < 4.78 is 1.71. The number of carbonyl (C=O) groups excluding carboxylic acids is 2. The van der Waals surface area contributed by atoms with Crippen molar-refractivity contribution in [2.45, 2.75) is 13.8 Å². The Balaban J connectivity index is 1.35. The van der Waals surface area contributed by atoms with Crippen LogP contribution in [0.15, 0.2) is 73.1 Å². The first kappa shape index (κ1) is 23.2. The first-order valence-corrected chi connectivity index (χ1v) is 11.9. The Morgan fingerprint density at radius 3 is 2.17 bits per heavy atom. The van der Waals surface area contributed by atoms with Gasteiger partial charge in [0.05, 0.1) is 11.4 Å². The summed E-state index contributed by atoms with van der Waals surface area (Å²) in [5, 5.41) is 7.64. The van der Waals surface area contributed by atoms with Gasteiger partial charge in [-0.3, -0.25) is 9.59 Å². The van der Waals surface area contributed by atoms with Gasteiger partial charge in [0.15, 0.2) is 0 Å². The topological polar surface area (TPSA) is 96.2 Å². The summed E-state index contributed by atoms with van der Waals surface area (Å²) >= 11 is 0. The average molecular weight is 482 g/mol. The van der Waals surface area contributed by atoms with Gasteiger partial charge in [-0.05, 0) is 42.8 Å². The highest BCUT2D eigenvalue weighted by molar-refractivity contribution is 5.95. The smallest absolute Gasteiger partial charge is 0.253 e. The molecule has 0 spiro atoms. The maximum Gasteiger partial charge on any atom is 0.253 e. The zero-order valence-corrected chi connectivity index (χ0v) is 20.3. The number of nitrogens with one attached hydrogen (secondary N) is 1. The zero-order valence-electron chi connectivity index (χ0n) is 20.3. The first-order chi connectivity index (χ1) is 17.5. The molecule has 182 valence electrons. The standard InChI is InChI=1S/C27H27N7O2/c1-19-24(21-7-4-3-5-8-21)25(30-20(2)35)34(31-19)23-11-9-22(10-12-23)26(36)32-15-17-33(18-16-32)27-28-13-6-14-29-27/h3-14H,15-18H2,1-2H3,(H,30,35). The third-order valence-corrected chi connectivity index (χ3v) is 6.18. The highest BCUT2D eigenvalue weighted by Crippen LogP contribution is 2.33. The van der Waals surface area contributed by atoms with Gasteiger partial charge in [-0.2, -0.15) is 5.10 Å². The van der Waals surface area contributed by atoms with Gasteiger partial charge in [0.1, 0.15) is 5.82 Å². The molecule has 0 aliphatic carbocycles. The Kier molecular flexibility index (Phi) is 6.44. The molecule has 1 saturated heterocycles. The number of benzene rings is 2. The van der Waals surface area contributed by atoms with Gasteiger partial charge in [-0.15, -0.1) is 0 Å². The van der Waals surface area contributed by atoms with Crippen LogP contribution < -0.4 is 10.2 Å². The number of piperazine rings is 1. The van der Waals surface area contributed by atoms with E-state index < -0.39 is 0 Å². The van der Waals surface area contributed by atoms with E-state index in [2.05, 4.69) is 20.2 Å². The molecule has 3 heterocycles. The highest BCUT2D eigenvalue weighted by Gasteiger charge is 2.24. The number of amides is 2. The molecule has 1 fully saturated rings. The summed E-state index contributed by atoms with van der Waals surface area (Å²) in [5.41, 5.74) is 4.00. The van der Waals surface area contributed by atoms with Crippen molar-refractivity contribution >= 4 is 23.6 Å². The molecule has 1 aliphatic heterocycles. The van der Waals surface area contributed by atoms with Crippen molar-refractivity contribution in [3.05, 3.63) is 84.3 Å². The average Bonchev–Trinajstić information content (AvgIpc) is 3.24. The maximum atomic E-state index is 13.1. The fourth-order valence-electron chi connectivity index (χ4n) is 4.44. The van der Waals surface area contributed by atoms with Gasteiger partial charge in [0.2, 0.25) is 11.9 Å². The Bertz CT molecular complexity index is 1360. The number of hydrogen-bond acceptors (Lipinski definition) is 6. The number of hydrogen-bond donors (Lipinski definition) is 1. The predicted octanol–water partition coefficient (Wildman–Crippen LogP) is 3.56. The van der Waals surface area contributed by atoms with Gasteiger partial charge >= 0.3 is 0 Å². The molecule has 5 rings (SSSR count). The molecule has 2 aromatic carbocycles. The maximum absolute atomic E-state index is 13.1. The highest BCUT2D eigenvalue weighted by atomic mass is 16.2. The summed E-state index contributed by atoms with van der Waals surface area (Å²) in [6.45, 7) is 5.97. The molecule has 2 aromatic heterocycles. The molecule has 4 aromatic rings. The van der Waals surface area contributed by atoms with E-state index in [0.717, 1.165) is 22.5 Å². The lowest BCUT2D eigenvalue weighted by Crippen LogP contribution is -2.49.